The molecule has 2 N–H and O–H groups in total. The lowest BCUT2D eigenvalue weighted by molar-refractivity contribution is -0.137. The van der Waals surface area contributed by atoms with E-state index in [9.17, 15) is 22.8 Å². The number of hydrogen-bond donors (Lipinski definition) is 2. The fraction of sp³-hybridized carbons (Fsp3) is 0.438. The van der Waals surface area contributed by atoms with Crippen LogP contribution in [0.4, 0.5) is 0 Å². The van der Waals surface area contributed by atoms with E-state index in [1.165, 1.54) is 26.2 Å². The maximum atomic E-state index is 12.1. The maximum absolute atomic E-state index is 12.1. The highest BCUT2D eigenvalue weighted by molar-refractivity contribution is 7.89. The number of ether oxygens (including phenoxy) is 1. The summed E-state index contributed by atoms with van der Waals surface area (Å²) in [6.45, 7) is -0.721. The van der Waals surface area contributed by atoms with E-state index in [0.717, 1.165) is 23.8 Å². The van der Waals surface area contributed by atoms with Gasteiger partial charge in [0.2, 0.25) is 15.9 Å². The fourth-order valence-electron chi connectivity index (χ4n) is 2.07. The van der Waals surface area contributed by atoms with E-state index in [1.807, 2.05) is 0 Å². The Bertz CT molecular complexity index is 854. The van der Waals surface area contributed by atoms with Crippen molar-refractivity contribution in [1.29, 1.82) is 0 Å². The molecule has 0 aromatic heterocycles. The van der Waals surface area contributed by atoms with Gasteiger partial charge in [-0.25, -0.2) is 17.9 Å². The summed E-state index contributed by atoms with van der Waals surface area (Å²) in [7, 11) is -1.23. The summed E-state index contributed by atoms with van der Waals surface area (Å²) in [6.07, 6.45) is 1.88. The quantitative estimate of drug-likeness (QED) is 0.580. The summed E-state index contributed by atoms with van der Waals surface area (Å²) in [6, 6.07) is 3.79. The van der Waals surface area contributed by atoms with Crippen molar-refractivity contribution in [2.24, 2.45) is 0 Å². The third-order valence-electron chi connectivity index (χ3n) is 3.80. The number of carbonyl (C=O) groups excluding carboxylic acids is 3. The first kappa shape index (κ1) is 21.1. The second-order valence-electron chi connectivity index (χ2n) is 6.02. The van der Waals surface area contributed by atoms with Gasteiger partial charge in [0.1, 0.15) is 4.90 Å². The highest BCUT2D eigenvalue weighted by Gasteiger charge is 2.25. The SMILES string of the molecule is CNS(=O)(=O)c1cc(C(=O)OCC(=O)N(C)CC(=O)NC2CC2)ccc1Cl. The molecule has 0 aliphatic heterocycles. The average Bonchev–Trinajstić information content (AvgIpc) is 3.43. The van der Waals surface area contributed by atoms with Gasteiger partial charge in [-0.05, 0) is 38.1 Å². The lowest BCUT2D eigenvalue weighted by Crippen LogP contribution is -2.40. The molecule has 0 radical (unpaired) electrons. The van der Waals surface area contributed by atoms with Gasteiger partial charge in [-0.15, -0.1) is 0 Å². The molecule has 1 saturated carbocycles. The Balaban J connectivity index is 1.93. The van der Waals surface area contributed by atoms with Crippen molar-refractivity contribution in [3.8, 4) is 0 Å². The molecule has 1 aliphatic rings. The zero-order valence-electron chi connectivity index (χ0n) is 14.8. The monoisotopic (exact) mass is 417 g/mol. The molecular formula is C16H20ClN3O6S. The number of nitrogens with zero attached hydrogens (tertiary/aromatic N) is 1. The maximum Gasteiger partial charge on any atom is 0.338 e. The van der Waals surface area contributed by atoms with Crippen molar-refractivity contribution in [2.45, 2.75) is 23.8 Å². The largest absolute Gasteiger partial charge is 0.452 e. The fourth-order valence-corrected chi connectivity index (χ4v) is 3.32. The van der Waals surface area contributed by atoms with Gasteiger partial charge >= 0.3 is 5.97 Å². The van der Waals surface area contributed by atoms with Crippen LogP contribution in [0.2, 0.25) is 5.02 Å². The second-order valence-corrected chi connectivity index (χ2v) is 8.28. The van der Waals surface area contributed by atoms with Crippen molar-refractivity contribution >= 4 is 39.4 Å². The standard InChI is InChI=1S/C16H20ClN3O6S/c1-18-27(24,25)13-7-10(3-6-12(13)17)16(23)26-9-15(22)20(2)8-14(21)19-11-4-5-11/h3,6-7,11,18H,4-5,8-9H2,1-2H3,(H,19,21). The Labute approximate surface area is 162 Å². The predicted octanol–water partition coefficient (Wildman–Crippen LogP) is 0.142. The molecule has 1 aromatic rings. The Kier molecular flexibility index (Phi) is 6.79. The minimum Gasteiger partial charge on any atom is -0.452 e. The summed E-state index contributed by atoms with van der Waals surface area (Å²) >= 11 is 5.85. The van der Waals surface area contributed by atoms with Gasteiger partial charge < -0.3 is 15.0 Å². The second kappa shape index (κ2) is 8.68. The smallest absolute Gasteiger partial charge is 0.338 e. The van der Waals surface area contributed by atoms with Crippen molar-refractivity contribution in [3.05, 3.63) is 28.8 Å². The Hall–Kier alpha value is -2.17. The molecule has 0 bridgehead atoms. The molecule has 9 nitrogen and oxygen atoms in total. The summed E-state index contributed by atoms with van der Waals surface area (Å²) in [5.41, 5.74) is -0.0739. The van der Waals surface area contributed by atoms with Crippen LogP contribution in [0, 0.1) is 0 Å². The molecule has 0 heterocycles. The van der Waals surface area contributed by atoms with Gasteiger partial charge in [-0.1, -0.05) is 11.6 Å². The summed E-state index contributed by atoms with van der Waals surface area (Å²) in [5.74, 6) is -1.73. The third-order valence-corrected chi connectivity index (χ3v) is 5.70. The van der Waals surface area contributed by atoms with Gasteiger partial charge in [0.25, 0.3) is 5.91 Å². The zero-order chi connectivity index (χ0) is 20.2. The molecule has 1 aromatic carbocycles. The first-order chi connectivity index (χ1) is 12.6. The number of halogens is 1. The number of carbonyl (C=O) groups is 3. The van der Waals surface area contributed by atoms with E-state index in [4.69, 9.17) is 16.3 Å². The van der Waals surface area contributed by atoms with Crippen LogP contribution in [-0.4, -0.2) is 64.4 Å². The lowest BCUT2D eigenvalue weighted by atomic mass is 10.2. The molecule has 1 aliphatic carbocycles. The number of hydrogen-bond acceptors (Lipinski definition) is 6. The van der Waals surface area contributed by atoms with E-state index in [-0.39, 0.29) is 34.0 Å². The summed E-state index contributed by atoms with van der Waals surface area (Å²) < 4.78 is 30.8. The molecule has 1 fully saturated rings. The van der Waals surface area contributed by atoms with Crippen LogP contribution in [0.15, 0.2) is 23.1 Å². The van der Waals surface area contributed by atoms with Crippen LogP contribution in [0.5, 0.6) is 0 Å². The number of amides is 2. The number of likely N-dealkylation sites (N-methyl/N-ethyl adjacent to an activating group) is 1. The van der Waals surface area contributed by atoms with E-state index in [0.29, 0.717) is 0 Å². The van der Waals surface area contributed by atoms with Crippen LogP contribution >= 0.6 is 11.6 Å². The van der Waals surface area contributed by atoms with Gasteiger partial charge in [0, 0.05) is 13.1 Å². The molecule has 0 saturated heterocycles. The summed E-state index contributed by atoms with van der Waals surface area (Å²) in [4.78, 5) is 36.6. The van der Waals surface area contributed by atoms with Crippen LogP contribution in [0.25, 0.3) is 0 Å². The number of sulfonamides is 1. The molecule has 148 valence electrons. The molecule has 2 amide bonds. The van der Waals surface area contributed by atoms with Gasteiger partial charge in [0.15, 0.2) is 6.61 Å². The highest BCUT2D eigenvalue weighted by atomic mass is 35.5. The first-order valence-corrected chi connectivity index (χ1v) is 9.93. The topological polar surface area (TPSA) is 122 Å². The molecule has 0 unspecified atom stereocenters. The van der Waals surface area contributed by atoms with E-state index < -0.39 is 28.5 Å². The van der Waals surface area contributed by atoms with Crippen LogP contribution in [0.1, 0.15) is 23.2 Å². The first-order valence-electron chi connectivity index (χ1n) is 8.07. The van der Waals surface area contributed by atoms with Crippen molar-refractivity contribution in [2.75, 3.05) is 27.2 Å². The normalized spacial score (nSPS) is 13.7. The number of nitrogens with one attached hydrogen (secondary N) is 2. The highest BCUT2D eigenvalue weighted by Crippen LogP contribution is 2.22. The number of benzene rings is 1. The van der Waals surface area contributed by atoms with Crippen molar-refractivity contribution < 1.29 is 27.5 Å². The summed E-state index contributed by atoms with van der Waals surface area (Å²) in [5, 5.41) is 2.69. The number of esters is 1. The van der Waals surface area contributed by atoms with Gasteiger partial charge in [0.05, 0.1) is 17.1 Å². The van der Waals surface area contributed by atoms with E-state index in [2.05, 4.69) is 10.0 Å². The minimum absolute atomic E-state index is 0.0571. The van der Waals surface area contributed by atoms with Crippen LogP contribution in [0.3, 0.4) is 0 Å². The van der Waals surface area contributed by atoms with Crippen molar-refractivity contribution in [1.82, 2.24) is 14.9 Å². The predicted molar refractivity (Wildman–Crippen MR) is 96.8 cm³/mol. The molecular weight excluding hydrogens is 398 g/mol. The molecule has 0 atom stereocenters. The Morgan fingerprint density at radius 2 is 1.96 bits per heavy atom. The van der Waals surface area contributed by atoms with E-state index >= 15 is 0 Å². The zero-order valence-corrected chi connectivity index (χ0v) is 16.4. The molecule has 11 heteroatoms. The Morgan fingerprint density at radius 1 is 1.30 bits per heavy atom. The minimum atomic E-state index is -3.86. The Morgan fingerprint density at radius 3 is 2.56 bits per heavy atom. The van der Waals surface area contributed by atoms with E-state index in [1.54, 1.807) is 0 Å². The molecule has 0 spiro atoms. The lowest BCUT2D eigenvalue weighted by Gasteiger charge is -2.16. The molecule has 27 heavy (non-hydrogen) atoms. The van der Waals surface area contributed by atoms with Gasteiger partial charge in [-0.2, -0.15) is 0 Å². The van der Waals surface area contributed by atoms with Gasteiger partial charge in [-0.3, -0.25) is 9.59 Å². The third kappa shape index (κ3) is 5.91. The van der Waals surface area contributed by atoms with Crippen LogP contribution < -0.4 is 10.0 Å². The van der Waals surface area contributed by atoms with Crippen LogP contribution in [-0.2, 0) is 24.3 Å². The average molecular weight is 418 g/mol. The number of rotatable bonds is 8. The molecule has 2 rings (SSSR count). The van der Waals surface area contributed by atoms with Crippen molar-refractivity contribution in [3.63, 3.8) is 0 Å².